The van der Waals surface area contributed by atoms with Crippen LogP contribution in [0.1, 0.15) is 16.7 Å². The fraction of sp³-hybridized carbons (Fsp3) is 0. The van der Waals surface area contributed by atoms with Crippen LogP contribution in [0.2, 0.25) is 0 Å². The fourth-order valence-corrected chi connectivity index (χ4v) is 2.70. The number of fused-ring (bicyclic) bond motifs is 2. The smallest absolute Gasteiger partial charge is 0.00990 e. The molecule has 0 unspecified atom stereocenters. The zero-order valence-corrected chi connectivity index (χ0v) is 9.93. The summed E-state index contributed by atoms with van der Waals surface area (Å²) < 4.78 is 0. The summed E-state index contributed by atoms with van der Waals surface area (Å²) in [5.74, 6) is 0. The Hall–Kier alpha value is -2.34. The van der Waals surface area contributed by atoms with Crippen molar-refractivity contribution >= 4 is 23.8 Å². The maximum atomic E-state index is 2.30. The summed E-state index contributed by atoms with van der Waals surface area (Å²) >= 11 is 0. The van der Waals surface area contributed by atoms with Crippen molar-refractivity contribution in [2.24, 2.45) is 0 Å². The van der Waals surface area contributed by atoms with E-state index in [2.05, 4.69) is 72.8 Å². The molecule has 2 aromatic rings. The lowest BCUT2D eigenvalue weighted by atomic mass is 9.98. The van der Waals surface area contributed by atoms with Crippen LogP contribution in [0.5, 0.6) is 0 Å². The molecule has 0 bridgehead atoms. The van der Waals surface area contributed by atoms with E-state index in [4.69, 9.17) is 0 Å². The monoisotopic (exact) mass is 228 g/mol. The highest BCUT2D eigenvalue weighted by Crippen LogP contribution is 2.23. The molecule has 0 aliphatic heterocycles. The summed E-state index contributed by atoms with van der Waals surface area (Å²) in [6.07, 6.45) is 10.9. The van der Waals surface area contributed by atoms with Gasteiger partial charge in [0.05, 0.1) is 0 Å². The summed E-state index contributed by atoms with van der Waals surface area (Å²) in [5.41, 5.74) is 5.29. The van der Waals surface area contributed by atoms with Gasteiger partial charge in [-0.05, 0) is 44.8 Å². The Balaban J connectivity index is 1.93. The molecule has 0 N–H and O–H groups in total. The van der Waals surface area contributed by atoms with Gasteiger partial charge < -0.3 is 0 Å². The third-order valence-corrected chi connectivity index (χ3v) is 3.61. The average Bonchev–Trinajstić information content (AvgIpc) is 3.02. The van der Waals surface area contributed by atoms with Crippen LogP contribution in [0.15, 0.2) is 54.6 Å². The first kappa shape index (κ1) is 9.67. The van der Waals surface area contributed by atoms with E-state index in [0.717, 1.165) is 0 Å². The Kier molecular flexibility index (Phi) is 1.92. The van der Waals surface area contributed by atoms with Crippen molar-refractivity contribution in [3.05, 3.63) is 81.7 Å². The van der Waals surface area contributed by atoms with E-state index in [1.807, 2.05) is 0 Å². The maximum Gasteiger partial charge on any atom is -0.00990 e. The second kappa shape index (κ2) is 3.58. The normalized spacial score (nSPS) is 14.6. The van der Waals surface area contributed by atoms with E-state index < -0.39 is 0 Å². The highest BCUT2D eigenvalue weighted by molar-refractivity contribution is 5.88. The molecular weight excluding hydrogens is 216 g/mol. The van der Waals surface area contributed by atoms with Crippen molar-refractivity contribution < 1.29 is 0 Å². The van der Waals surface area contributed by atoms with Gasteiger partial charge in [0.1, 0.15) is 0 Å². The second-order valence-electron chi connectivity index (χ2n) is 4.71. The summed E-state index contributed by atoms with van der Waals surface area (Å²) in [6.45, 7) is 0. The number of benzene rings is 2. The molecule has 2 aromatic carbocycles. The Bertz CT molecular complexity index is 803. The number of rotatable bonds is 1. The van der Waals surface area contributed by atoms with Gasteiger partial charge in [-0.2, -0.15) is 0 Å². The summed E-state index contributed by atoms with van der Waals surface area (Å²) in [5, 5.41) is 2.65. The molecule has 0 saturated carbocycles. The molecule has 0 atom stereocenters. The molecule has 2 aliphatic rings. The first-order valence-corrected chi connectivity index (χ1v) is 6.22. The molecule has 0 radical (unpaired) electrons. The summed E-state index contributed by atoms with van der Waals surface area (Å²) in [7, 11) is 0. The molecule has 84 valence electrons. The van der Waals surface area contributed by atoms with Crippen molar-refractivity contribution in [1.29, 1.82) is 0 Å². The minimum atomic E-state index is 1.29. The molecule has 0 fully saturated rings. The summed E-state index contributed by atoms with van der Waals surface area (Å²) in [4.78, 5) is 0. The minimum absolute atomic E-state index is 1.29. The largest absolute Gasteiger partial charge is 0.0622 e. The van der Waals surface area contributed by atoms with E-state index in [0.29, 0.717) is 0 Å². The highest BCUT2D eigenvalue weighted by Gasteiger charge is 2.11. The fourth-order valence-electron chi connectivity index (χ4n) is 2.70. The van der Waals surface area contributed by atoms with Crippen LogP contribution < -0.4 is 10.4 Å². The lowest BCUT2D eigenvalue weighted by Crippen LogP contribution is -2.14. The van der Waals surface area contributed by atoms with Crippen molar-refractivity contribution in [2.75, 3.05) is 0 Å². The zero-order valence-electron chi connectivity index (χ0n) is 9.93. The molecular formula is C18H12. The Morgan fingerprint density at radius 3 is 2.50 bits per heavy atom. The SMILES string of the molecule is C1=Cc2cc3c(cc2=C1)C(c1ccccc1)=CC=3. The molecule has 0 saturated heterocycles. The van der Waals surface area contributed by atoms with Gasteiger partial charge in [-0.15, -0.1) is 0 Å². The van der Waals surface area contributed by atoms with Gasteiger partial charge in [0, 0.05) is 0 Å². The van der Waals surface area contributed by atoms with Crippen molar-refractivity contribution in [3.63, 3.8) is 0 Å². The van der Waals surface area contributed by atoms with E-state index in [1.54, 1.807) is 0 Å². The molecule has 2 aliphatic carbocycles. The Morgan fingerprint density at radius 1 is 0.722 bits per heavy atom. The molecule has 0 nitrogen and oxygen atoms in total. The molecule has 0 heteroatoms. The third-order valence-electron chi connectivity index (χ3n) is 3.61. The van der Waals surface area contributed by atoms with Crippen LogP contribution >= 0.6 is 0 Å². The highest BCUT2D eigenvalue weighted by atomic mass is 14.2. The van der Waals surface area contributed by atoms with Gasteiger partial charge in [-0.1, -0.05) is 60.7 Å². The van der Waals surface area contributed by atoms with Gasteiger partial charge in [-0.3, -0.25) is 0 Å². The first-order valence-electron chi connectivity index (χ1n) is 6.22. The predicted molar refractivity (Wildman–Crippen MR) is 77.2 cm³/mol. The standard InChI is InChI=1S/C18H12/c1-2-5-13(6-3-1)17-10-9-16-11-14-7-4-8-15(14)12-18(16)17/h1-12H. The van der Waals surface area contributed by atoms with E-state index in [-0.39, 0.29) is 0 Å². The maximum absolute atomic E-state index is 2.30. The topological polar surface area (TPSA) is 0 Å². The molecule has 0 aromatic heterocycles. The minimum Gasteiger partial charge on any atom is -0.0622 e. The van der Waals surface area contributed by atoms with Crippen LogP contribution in [0, 0.1) is 0 Å². The van der Waals surface area contributed by atoms with Crippen LogP contribution in [0.25, 0.3) is 23.8 Å². The van der Waals surface area contributed by atoms with E-state index >= 15 is 0 Å². The van der Waals surface area contributed by atoms with Gasteiger partial charge in [-0.25, -0.2) is 0 Å². The van der Waals surface area contributed by atoms with Crippen LogP contribution in [-0.2, 0) is 0 Å². The lowest BCUT2D eigenvalue weighted by molar-refractivity contribution is 1.47. The quantitative estimate of drug-likeness (QED) is 0.704. The van der Waals surface area contributed by atoms with Gasteiger partial charge in [0.2, 0.25) is 0 Å². The second-order valence-corrected chi connectivity index (χ2v) is 4.71. The summed E-state index contributed by atoms with van der Waals surface area (Å²) in [6, 6.07) is 15.2. The van der Waals surface area contributed by atoms with Gasteiger partial charge >= 0.3 is 0 Å². The average molecular weight is 228 g/mol. The van der Waals surface area contributed by atoms with Crippen LogP contribution in [-0.4, -0.2) is 0 Å². The molecule has 0 amide bonds. The lowest BCUT2D eigenvalue weighted by Gasteiger charge is -2.06. The van der Waals surface area contributed by atoms with Crippen LogP contribution in [0.4, 0.5) is 0 Å². The molecule has 18 heavy (non-hydrogen) atoms. The van der Waals surface area contributed by atoms with E-state index in [1.165, 1.54) is 32.7 Å². The van der Waals surface area contributed by atoms with Crippen molar-refractivity contribution in [2.45, 2.75) is 0 Å². The number of hydrogen-bond acceptors (Lipinski definition) is 0. The predicted octanol–water partition coefficient (Wildman–Crippen LogP) is 2.72. The Morgan fingerprint density at radius 2 is 1.61 bits per heavy atom. The molecule has 0 heterocycles. The Labute approximate surface area is 106 Å². The van der Waals surface area contributed by atoms with Crippen molar-refractivity contribution in [1.82, 2.24) is 0 Å². The van der Waals surface area contributed by atoms with Gasteiger partial charge in [0.15, 0.2) is 0 Å². The van der Waals surface area contributed by atoms with Crippen molar-refractivity contribution in [3.8, 4) is 0 Å². The van der Waals surface area contributed by atoms with E-state index in [9.17, 15) is 0 Å². The zero-order chi connectivity index (χ0) is 11.9. The van der Waals surface area contributed by atoms with Gasteiger partial charge in [0.25, 0.3) is 0 Å². The number of allylic oxidation sites excluding steroid dienone is 2. The van der Waals surface area contributed by atoms with Crippen LogP contribution in [0.3, 0.4) is 0 Å². The first-order chi connectivity index (χ1) is 8.92. The molecule has 4 rings (SSSR count). The molecule has 0 spiro atoms. The number of hydrogen-bond donors (Lipinski definition) is 0. The third kappa shape index (κ3) is 1.32.